The van der Waals surface area contributed by atoms with Gasteiger partial charge in [0.25, 0.3) is 5.91 Å². The van der Waals surface area contributed by atoms with Crippen LogP contribution in [-0.4, -0.2) is 34.0 Å². The third-order valence-corrected chi connectivity index (χ3v) is 3.70. The highest BCUT2D eigenvalue weighted by atomic mass is 32.1. The summed E-state index contributed by atoms with van der Waals surface area (Å²) in [5.74, 6) is -1.22. The van der Waals surface area contributed by atoms with E-state index in [2.05, 4.69) is 0 Å². The van der Waals surface area contributed by atoms with Crippen molar-refractivity contribution < 1.29 is 14.7 Å². The number of hydrogen-bond donors (Lipinski definition) is 1. The summed E-state index contributed by atoms with van der Waals surface area (Å²) < 4.78 is 0. The van der Waals surface area contributed by atoms with Crippen LogP contribution in [0.5, 0.6) is 0 Å². The average molecular weight is 255 g/mol. The maximum absolute atomic E-state index is 12.2. The first kappa shape index (κ1) is 13.7. The first-order valence-corrected chi connectivity index (χ1v) is 6.24. The Morgan fingerprint density at radius 2 is 2.00 bits per heavy atom. The van der Waals surface area contributed by atoms with Crippen molar-refractivity contribution >= 4 is 23.2 Å². The molecule has 0 saturated carbocycles. The lowest BCUT2D eigenvalue weighted by Crippen LogP contribution is -2.52. The molecule has 0 fully saturated rings. The molecule has 0 unspecified atom stereocenters. The van der Waals surface area contributed by atoms with E-state index in [4.69, 9.17) is 5.11 Å². The quantitative estimate of drug-likeness (QED) is 0.898. The van der Waals surface area contributed by atoms with Crippen LogP contribution in [-0.2, 0) is 4.79 Å². The van der Waals surface area contributed by atoms with Crippen molar-refractivity contribution in [2.75, 3.05) is 6.54 Å². The van der Waals surface area contributed by atoms with E-state index in [1.54, 1.807) is 13.0 Å². The molecule has 0 radical (unpaired) electrons. The van der Waals surface area contributed by atoms with Crippen LogP contribution in [0.15, 0.2) is 12.1 Å². The van der Waals surface area contributed by atoms with Gasteiger partial charge in [-0.3, -0.25) is 4.79 Å². The van der Waals surface area contributed by atoms with Gasteiger partial charge in [-0.2, -0.15) is 0 Å². The maximum Gasteiger partial charge on any atom is 0.329 e. The number of carboxylic acids is 1. The summed E-state index contributed by atoms with van der Waals surface area (Å²) in [6.07, 6.45) is 0. The number of amides is 1. The second-order valence-electron chi connectivity index (χ2n) is 4.32. The van der Waals surface area contributed by atoms with Crippen LogP contribution in [0, 0.1) is 6.92 Å². The normalized spacial score (nSPS) is 11.3. The Kier molecular flexibility index (Phi) is 3.93. The number of hydrogen-bond acceptors (Lipinski definition) is 3. The molecule has 0 aliphatic heterocycles. The molecular weight excluding hydrogens is 238 g/mol. The SMILES string of the molecule is CCN(C(=O)c1ccc(C)s1)C(C)(C)C(=O)O. The highest BCUT2D eigenvalue weighted by molar-refractivity contribution is 7.13. The number of likely N-dealkylation sites (N-methyl/N-ethyl adjacent to an activating group) is 1. The summed E-state index contributed by atoms with van der Waals surface area (Å²) in [6.45, 7) is 7.15. The van der Waals surface area contributed by atoms with Gasteiger partial charge >= 0.3 is 5.97 Å². The first-order valence-electron chi connectivity index (χ1n) is 5.42. The predicted octanol–water partition coefficient (Wildman–Crippen LogP) is 2.38. The molecule has 0 spiro atoms. The van der Waals surface area contributed by atoms with Crippen molar-refractivity contribution in [2.45, 2.75) is 33.2 Å². The van der Waals surface area contributed by atoms with Gasteiger partial charge in [-0.25, -0.2) is 4.79 Å². The van der Waals surface area contributed by atoms with Gasteiger partial charge in [-0.15, -0.1) is 11.3 Å². The van der Waals surface area contributed by atoms with Crippen LogP contribution in [0.25, 0.3) is 0 Å². The molecule has 94 valence electrons. The average Bonchev–Trinajstić information content (AvgIpc) is 2.65. The van der Waals surface area contributed by atoms with E-state index in [1.807, 2.05) is 13.0 Å². The van der Waals surface area contributed by atoms with Gasteiger partial charge in [-0.05, 0) is 39.8 Å². The van der Waals surface area contributed by atoms with Gasteiger partial charge in [-0.1, -0.05) is 0 Å². The van der Waals surface area contributed by atoms with Gasteiger partial charge in [0, 0.05) is 11.4 Å². The molecule has 0 aliphatic carbocycles. The molecule has 0 aromatic carbocycles. The summed E-state index contributed by atoms with van der Waals surface area (Å²) >= 11 is 1.38. The first-order chi connectivity index (χ1) is 7.80. The van der Waals surface area contributed by atoms with Crippen molar-refractivity contribution in [1.82, 2.24) is 4.90 Å². The number of thiophene rings is 1. The number of aryl methyl sites for hydroxylation is 1. The Morgan fingerprint density at radius 3 is 2.35 bits per heavy atom. The molecule has 0 aliphatic rings. The van der Waals surface area contributed by atoms with Crippen molar-refractivity contribution in [1.29, 1.82) is 0 Å². The van der Waals surface area contributed by atoms with E-state index in [0.29, 0.717) is 11.4 Å². The van der Waals surface area contributed by atoms with Crippen LogP contribution in [0.4, 0.5) is 0 Å². The van der Waals surface area contributed by atoms with E-state index in [0.717, 1.165) is 4.88 Å². The predicted molar refractivity (Wildman–Crippen MR) is 67.5 cm³/mol. The van der Waals surface area contributed by atoms with Crippen molar-refractivity contribution in [3.8, 4) is 0 Å². The van der Waals surface area contributed by atoms with Crippen LogP contribution >= 0.6 is 11.3 Å². The minimum absolute atomic E-state index is 0.224. The molecule has 0 saturated heterocycles. The number of carboxylic acid groups (broad SMARTS) is 1. The Hall–Kier alpha value is -1.36. The van der Waals surface area contributed by atoms with Crippen LogP contribution in [0.1, 0.15) is 35.3 Å². The van der Waals surface area contributed by atoms with Gasteiger partial charge < -0.3 is 10.0 Å². The van der Waals surface area contributed by atoms with Gasteiger partial charge in [0.15, 0.2) is 0 Å². The van der Waals surface area contributed by atoms with Crippen molar-refractivity contribution in [3.63, 3.8) is 0 Å². The monoisotopic (exact) mass is 255 g/mol. The van der Waals surface area contributed by atoms with Crippen molar-refractivity contribution in [3.05, 3.63) is 21.9 Å². The lowest BCUT2D eigenvalue weighted by atomic mass is 10.0. The van der Waals surface area contributed by atoms with E-state index < -0.39 is 11.5 Å². The molecule has 1 heterocycles. The second-order valence-corrected chi connectivity index (χ2v) is 5.61. The molecule has 1 aromatic rings. The number of rotatable bonds is 4. The molecule has 1 aromatic heterocycles. The minimum atomic E-state index is -1.19. The standard InChI is InChI=1S/C12H17NO3S/c1-5-13(12(3,4)11(15)16)10(14)9-7-6-8(2)17-9/h6-7H,5H2,1-4H3,(H,15,16). The third kappa shape index (κ3) is 2.66. The largest absolute Gasteiger partial charge is 0.480 e. The maximum atomic E-state index is 12.2. The molecule has 17 heavy (non-hydrogen) atoms. The van der Waals surface area contributed by atoms with E-state index in [-0.39, 0.29) is 5.91 Å². The van der Waals surface area contributed by atoms with Gasteiger partial charge in [0.05, 0.1) is 4.88 Å². The number of nitrogens with zero attached hydrogens (tertiary/aromatic N) is 1. The smallest absolute Gasteiger partial charge is 0.329 e. The highest BCUT2D eigenvalue weighted by Gasteiger charge is 2.37. The number of carbonyl (C=O) groups is 2. The van der Waals surface area contributed by atoms with Gasteiger partial charge in [0.2, 0.25) is 0 Å². The van der Waals surface area contributed by atoms with E-state index in [9.17, 15) is 9.59 Å². The Balaban J connectivity index is 3.04. The van der Waals surface area contributed by atoms with Gasteiger partial charge in [0.1, 0.15) is 5.54 Å². The fraction of sp³-hybridized carbons (Fsp3) is 0.500. The van der Waals surface area contributed by atoms with Crippen LogP contribution in [0.3, 0.4) is 0 Å². The molecule has 0 bridgehead atoms. The zero-order valence-electron chi connectivity index (χ0n) is 10.5. The highest BCUT2D eigenvalue weighted by Crippen LogP contribution is 2.22. The van der Waals surface area contributed by atoms with E-state index in [1.165, 1.54) is 30.1 Å². The lowest BCUT2D eigenvalue weighted by molar-refractivity contribution is -0.147. The Labute approximate surface area is 105 Å². The van der Waals surface area contributed by atoms with Crippen molar-refractivity contribution in [2.24, 2.45) is 0 Å². The molecule has 1 rings (SSSR count). The third-order valence-electron chi connectivity index (χ3n) is 2.71. The van der Waals surface area contributed by atoms with Crippen LogP contribution < -0.4 is 0 Å². The van der Waals surface area contributed by atoms with Crippen LogP contribution in [0.2, 0.25) is 0 Å². The summed E-state index contributed by atoms with van der Waals surface area (Å²) in [5.41, 5.74) is -1.19. The molecule has 1 N–H and O–H groups in total. The summed E-state index contributed by atoms with van der Waals surface area (Å²) in [6, 6.07) is 3.60. The fourth-order valence-electron chi connectivity index (χ4n) is 1.59. The molecule has 4 nitrogen and oxygen atoms in total. The summed E-state index contributed by atoms with van der Waals surface area (Å²) in [5, 5.41) is 9.15. The topological polar surface area (TPSA) is 57.6 Å². The summed E-state index contributed by atoms with van der Waals surface area (Å²) in [7, 11) is 0. The molecule has 0 atom stereocenters. The Bertz CT molecular complexity index is 437. The zero-order chi connectivity index (χ0) is 13.2. The number of aliphatic carboxylic acids is 1. The lowest BCUT2D eigenvalue weighted by Gasteiger charge is -2.33. The fourth-order valence-corrected chi connectivity index (χ4v) is 2.41. The zero-order valence-corrected chi connectivity index (χ0v) is 11.3. The van der Waals surface area contributed by atoms with E-state index >= 15 is 0 Å². The molecular formula is C12H17NO3S. The second kappa shape index (κ2) is 4.87. The summed E-state index contributed by atoms with van der Waals surface area (Å²) in [4.78, 5) is 26.4. The molecule has 1 amide bonds. The number of carbonyl (C=O) groups excluding carboxylic acids is 1. The Morgan fingerprint density at radius 1 is 1.41 bits per heavy atom. The minimum Gasteiger partial charge on any atom is -0.480 e. The molecule has 5 heteroatoms.